The monoisotopic (exact) mass is 300 g/mol. The Labute approximate surface area is 119 Å². The molecular formula is C14H21FN2O2S. The van der Waals surface area contributed by atoms with Gasteiger partial charge in [0, 0.05) is 12.6 Å². The summed E-state index contributed by atoms with van der Waals surface area (Å²) in [5.41, 5.74) is 6.15. The zero-order valence-electron chi connectivity index (χ0n) is 11.7. The summed E-state index contributed by atoms with van der Waals surface area (Å²) in [5, 5.41) is 0. The van der Waals surface area contributed by atoms with Gasteiger partial charge in [-0.05, 0) is 50.4 Å². The van der Waals surface area contributed by atoms with E-state index in [0.29, 0.717) is 25.1 Å². The number of piperidine rings is 1. The first-order valence-corrected chi connectivity index (χ1v) is 8.39. The summed E-state index contributed by atoms with van der Waals surface area (Å²) >= 11 is 0. The molecule has 4 nitrogen and oxygen atoms in total. The second-order valence-corrected chi connectivity index (χ2v) is 7.11. The molecule has 0 amide bonds. The van der Waals surface area contributed by atoms with E-state index < -0.39 is 15.8 Å². The van der Waals surface area contributed by atoms with Crippen molar-refractivity contribution in [3.63, 3.8) is 0 Å². The molecule has 1 heterocycles. The third-order valence-electron chi connectivity index (χ3n) is 3.81. The largest absolute Gasteiger partial charge is 0.330 e. The second-order valence-electron chi connectivity index (χ2n) is 5.25. The molecule has 0 spiro atoms. The summed E-state index contributed by atoms with van der Waals surface area (Å²) in [4.78, 5) is 0.0708. The van der Waals surface area contributed by atoms with Crippen LogP contribution in [0.2, 0.25) is 0 Å². The molecule has 1 saturated heterocycles. The van der Waals surface area contributed by atoms with Gasteiger partial charge in [-0.15, -0.1) is 0 Å². The van der Waals surface area contributed by atoms with Crippen LogP contribution in [0.15, 0.2) is 23.1 Å². The highest BCUT2D eigenvalue weighted by molar-refractivity contribution is 7.89. The van der Waals surface area contributed by atoms with Crippen molar-refractivity contribution in [1.29, 1.82) is 0 Å². The summed E-state index contributed by atoms with van der Waals surface area (Å²) in [6, 6.07) is 3.83. The molecule has 0 aliphatic carbocycles. The highest BCUT2D eigenvalue weighted by atomic mass is 32.2. The summed E-state index contributed by atoms with van der Waals surface area (Å²) < 4.78 is 40.4. The predicted molar refractivity (Wildman–Crippen MR) is 76.3 cm³/mol. The third-order valence-corrected chi connectivity index (χ3v) is 5.90. The minimum atomic E-state index is -3.65. The Kier molecular flexibility index (Phi) is 4.78. The summed E-state index contributed by atoms with van der Waals surface area (Å²) in [7, 11) is -3.65. The number of nitrogens with zero attached hydrogens (tertiary/aromatic N) is 1. The van der Waals surface area contributed by atoms with Gasteiger partial charge in [-0.1, -0.05) is 12.5 Å². The average molecular weight is 300 g/mol. The van der Waals surface area contributed by atoms with Gasteiger partial charge in [-0.3, -0.25) is 0 Å². The zero-order valence-corrected chi connectivity index (χ0v) is 12.5. The van der Waals surface area contributed by atoms with Crippen molar-refractivity contribution in [2.24, 2.45) is 5.73 Å². The van der Waals surface area contributed by atoms with E-state index in [0.717, 1.165) is 25.3 Å². The fraction of sp³-hybridized carbons (Fsp3) is 0.571. The molecular weight excluding hydrogens is 279 g/mol. The Hall–Kier alpha value is -0.980. The van der Waals surface area contributed by atoms with Crippen LogP contribution in [0.25, 0.3) is 0 Å². The smallest absolute Gasteiger partial charge is 0.243 e. The van der Waals surface area contributed by atoms with Gasteiger partial charge in [0.1, 0.15) is 5.82 Å². The Morgan fingerprint density at radius 1 is 1.40 bits per heavy atom. The second kappa shape index (κ2) is 6.20. The molecule has 1 aromatic rings. The number of sulfonamides is 1. The maximum absolute atomic E-state index is 13.4. The van der Waals surface area contributed by atoms with Crippen LogP contribution in [0.5, 0.6) is 0 Å². The van der Waals surface area contributed by atoms with E-state index in [2.05, 4.69) is 0 Å². The van der Waals surface area contributed by atoms with Gasteiger partial charge in [0.05, 0.1) is 4.90 Å². The van der Waals surface area contributed by atoms with Gasteiger partial charge in [-0.25, -0.2) is 12.8 Å². The molecule has 20 heavy (non-hydrogen) atoms. The van der Waals surface area contributed by atoms with Crippen LogP contribution < -0.4 is 5.73 Å². The summed E-state index contributed by atoms with van der Waals surface area (Å²) in [5.74, 6) is -0.526. The van der Waals surface area contributed by atoms with E-state index in [4.69, 9.17) is 5.73 Å². The number of hydrogen-bond donors (Lipinski definition) is 1. The van der Waals surface area contributed by atoms with Crippen molar-refractivity contribution in [2.75, 3.05) is 13.1 Å². The Balaban J connectivity index is 2.39. The van der Waals surface area contributed by atoms with Gasteiger partial charge in [0.2, 0.25) is 10.0 Å². The van der Waals surface area contributed by atoms with Gasteiger partial charge in [-0.2, -0.15) is 4.31 Å². The lowest BCUT2D eigenvalue weighted by Gasteiger charge is -2.34. The molecule has 0 saturated carbocycles. The first-order valence-electron chi connectivity index (χ1n) is 6.95. The van der Waals surface area contributed by atoms with Crippen LogP contribution >= 0.6 is 0 Å². The van der Waals surface area contributed by atoms with Gasteiger partial charge in [0.15, 0.2) is 0 Å². The van der Waals surface area contributed by atoms with E-state index in [1.807, 2.05) is 0 Å². The summed E-state index contributed by atoms with van der Waals surface area (Å²) in [6.45, 7) is 2.63. The zero-order chi connectivity index (χ0) is 14.8. The molecule has 2 N–H and O–H groups in total. The molecule has 1 fully saturated rings. The number of hydrogen-bond acceptors (Lipinski definition) is 3. The van der Waals surface area contributed by atoms with Crippen LogP contribution in [-0.4, -0.2) is 31.9 Å². The van der Waals surface area contributed by atoms with Gasteiger partial charge < -0.3 is 5.73 Å². The van der Waals surface area contributed by atoms with E-state index in [1.54, 1.807) is 6.92 Å². The first kappa shape index (κ1) is 15.4. The van der Waals surface area contributed by atoms with E-state index >= 15 is 0 Å². The molecule has 2 rings (SSSR count). The van der Waals surface area contributed by atoms with Crippen LogP contribution in [0.1, 0.15) is 31.2 Å². The molecule has 112 valence electrons. The van der Waals surface area contributed by atoms with Crippen molar-refractivity contribution >= 4 is 10.0 Å². The molecule has 6 heteroatoms. The lowest BCUT2D eigenvalue weighted by molar-refractivity contribution is 0.243. The number of nitrogens with two attached hydrogens (primary N) is 1. The maximum Gasteiger partial charge on any atom is 0.243 e. The van der Waals surface area contributed by atoms with E-state index in [-0.39, 0.29) is 10.9 Å². The number of rotatable bonds is 4. The molecule has 0 aromatic heterocycles. The van der Waals surface area contributed by atoms with Crippen molar-refractivity contribution in [1.82, 2.24) is 4.31 Å². The molecule has 1 unspecified atom stereocenters. The predicted octanol–water partition coefficient (Wildman–Crippen LogP) is 2.03. The van der Waals surface area contributed by atoms with Crippen molar-refractivity contribution in [3.05, 3.63) is 29.6 Å². The molecule has 1 aliphatic rings. The minimum Gasteiger partial charge on any atom is -0.330 e. The first-order chi connectivity index (χ1) is 9.46. The van der Waals surface area contributed by atoms with Gasteiger partial charge >= 0.3 is 0 Å². The molecule has 1 aliphatic heterocycles. The van der Waals surface area contributed by atoms with E-state index in [1.165, 1.54) is 16.4 Å². The van der Waals surface area contributed by atoms with Crippen LogP contribution in [-0.2, 0) is 10.0 Å². The van der Waals surface area contributed by atoms with Crippen molar-refractivity contribution in [3.8, 4) is 0 Å². The number of benzene rings is 1. The van der Waals surface area contributed by atoms with Crippen molar-refractivity contribution < 1.29 is 12.8 Å². The molecule has 1 aromatic carbocycles. The fourth-order valence-corrected chi connectivity index (χ4v) is 4.71. The number of aryl methyl sites for hydroxylation is 1. The Morgan fingerprint density at radius 3 is 2.85 bits per heavy atom. The quantitative estimate of drug-likeness (QED) is 0.925. The SMILES string of the molecule is Cc1ccc(F)cc1S(=O)(=O)N1CCCCC1CCN. The number of halogens is 1. The van der Waals surface area contributed by atoms with Gasteiger partial charge in [0.25, 0.3) is 0 Å². The van der Waals surface area contributed by atoms with E-state index in [9.17, 15) is 12.8 Å². The fourth-order valence-electron chi connectivity index (χ4n) is 2.75. The van der Waals surface area contributed by atoms with Crippen molar-refractivity contribution in [2.45, 2.75) is 43.5 Å². The standard InChI is InChI=1S/C14H21FN2O2S/c1-11-5-6-12(15)10-14(11)20(18,19)17-9-3-2-4-13(17)7-8-16/h5-6,10,13H,2-4,7-9,16H2,1H3. The normalized spacial score (nSPS) is 21.1. The maximum atomic E-state index is 13.4. The van der Waals surface area contributed by atoms with Crippen LogP contribution in [0, 0.1) is 12.7 Å². The lowest BCUT2D eigenvalue weighted by Crippen LogP contribution is -2.44. The molecule has 0 radical (unpaired) electrons. The molecule has 1 atom stereocenters. The highest BCUT2D eigenvalue weighted by Gasteiger charge is 2.33. The third kappa shape index (κ3) is 3.02. The summed E-state index contributed by atoms with van der Waals surface area (Å²) in [6.07, 6.45) is 3.33. The Morgan fingerprint density at radius 2 is 2.15 bits per heavy atom. The van der Waals surface area contributed by atoms with Crippen LogP contribution in [0.4, 0.5) is 4.39 Å². The molecule has 0 bridgehead atoms. The van der Waals surface area contributed by atoms with Crippen LogP contribution in [0.3, 0.4) is 0 Å². The lowest BCUT2D eigenvalue weighted by atomic mass is 10.0. The Bertz CT molecular complexity index is 573. The minimum absolute atomic E-state index is 0.0681. The topological polar surface area (TPSA) is 63.4 Å². The average Bonchev–Trinajstić information content (AvgIpc) is 2.42. The highest BCUT2D eigenvalue weighted by Crippen LogP contribution is 2.28.